The lowest BCUT2D eigenvalue weighted by molar-refractivity contribution is -0.119. The van der Waals surface area contributed by atoms with Crippen LogP contribution < -0.4 is 10.6 Å². The predicted molar refractivity (Wildman–Crippen MR) is 123 cm³/mol. The number of likely N-dealkylation sites (N-methyl/N-ethyl adjacent to an activating group) is 1. The molecule has 0 spiro atoms. The van der Waals surface area contributed by atoms with Gasteiger partial charge in [0.1, 0.15) is 5.00 Å². The largest absolute Gasteiger partial charge is 0.465 e. The Morgan fingerprint density at radius 2 is 1.74 bits per heavy atom. The lowest BCUT2D eigenvalue weighted by atomic mass is 9.95. The Labute approximate surface area is 186 Å². The molecule has 0 saturated carbocycles. The topological polar surface area (TPSA) is 87.7 Å². The van der Waals surface area contributed by atoms with Crippen LogP contribution in [0.2, 0.25) is 0 Å². The summed E-state index contributed by atoms with van der Waals surface area (Å²) >= 11 is 1.45. The molecule has 8 heteroatoms. The molecule has 1 aromatic heterocycles. The van der Waals surface area contributed by atoms with Gasteiger partial charge in [0.25, 0.3) is 0 Å². The molecule has 1 aromatic carbocycles. The van der Waals surface area contributed by atoms with Gasteiger partial charge in [0.15, 0.2) is 0 Å². The molecule has 0 atom stereocenters. The second kappa shape index (κ2) is 10.1. The maximum atomic E-state index is 12.6. The Morgan fingerprint density at radius 1 is 1.06 bits per heavy atom. The van der Waals surface area contributed by atoms with Crippen LogP contribution in [0.4, 0.5) is 10.7 Å². The highest BCUT2D eigenvalue weighted by atomic mass is 32.1. The Hall–Kier alpha value is -2.71. The predicted octanol–water partition coefficient (Wildman–Crippen LogP) is 3.54. The van der Waals surface area contributed by atoms with Gasteiger partial charge in [-0.1, -0.05) is 12.1 Å². The second-order valence-electron chi connectivity index (χ2n) is 7.99. The quantitative estimate of drug-likeness (QED) is 0.639. The van der Waals surface area contributed by atoms with Gasteiger partial charge in [-0.15, -0.1) is 11.3 Å². The standard InChI is InChI=1S/C23H29N3O4S/c1-14-9-10-15(2)17(11-14)24-19(27)12-26(3)13-20(28)25-22-21(23(29)30-4)16-7-5-6-8-18(16)31-22/h9-11H,5-8,12-13H2,1-4H3,(H,24,27)(H,25,28). The molecule has 1 aliphatic rings. The summed E-state index contributed by atoms with van der Waals surface area (Å²) < 4.78 is 4.94. The molecule has 31 heavy (non-hydrogen) atoms. The van der Waals surface area contributed by atoms with Crippen molar-refractivity contribution in [2.24, 2.45) is 0 Å². The number of nitrogens with one attached hydrogen (secondary N) is 2. The Morgan fingerprint density at radius 3 is 2.45 bits per heavy atom. The number of benzene rings is 1. The summed E-state index contributed by atoms with van der Waals surface area (Å²) in [5, 5.41) is 6.30. The van der Waals surface area contributed by atoms with E-state index < -0.39 is 5.97 Å². The number of methoxy groups -OCH3 is 1. The minimum absolute atomic E-state index is 0.0311. The van der Waals surface area contributed by atoms with E-state index in [0.29, 0.717) is 10.6 Å². The van der Waals surface area contributed by atoms with Crippen molar-refractivity contribution < 1.29 is 19.1 Å². The fourth-order valence-electron chi connectivity index (χ4n) is 3.74. The third-order valence-electron chi connectivity index (χ3n) is 5.31. The SMILES string of the molecule is COC(=O)c1c(NC(=O)CN(C)CC(=O)Nc2cc(C)ccc2C)sc2c1CCCC2. The summed E-state index contributed by atoms with van der Waals surface area (Å²) in [6.45, 7) is 4.01. The maximum absolute atomic E-state index is 12.6. The molecule has 1 aliphatic carbocycles. The van der Waals surface area contributed by atoms with E-state index in [0.717, 1.165) is 52.9 Å². The zero-order chi connectivity index (χ0) is 22.5. The highest BCUT2D eigenvalue weighted by molar-refractivity contribution is 7.17. The number of fused-ring (bicyclic) bond motifs is 1. The zero-order valence-corrected chi connectivity index (χ0v) is 19.3. The van der Waals surface area contributed by atoms with E-state index in [4.69, 9.17) is 4.74 Å². The third kappa shape index (κ3) is 5.71. The van der Waals surface area contributed by atoms with Crippen LogP contribution in [0.1, 0.15) is 44.8 Å². The summed E-state index contributed by atoms with van der Waals surface area (Å²) in [7, 11) is 3.06. The van der Waals surface area contributed by atoms with E-state index in [2.05, 4.69) is 10.6 Å². The molecule has 3 rings (SSSR count). The van der Waals surface area contributed by atoms with Crippen molar-refractivity contribution in [2.75, 3.05) is 37.9 Å². The normalized spacial score (nSPS) is 12.9. The molecule has 0 unspecified atom stereocenters. The first kappa shape index (κ1) is 23.0. The van der Waals surface area contributed by atoms with E-state index >= 15 is 0 Å². The average Bonchev–Trinajstić information content (AvgIpc) is 3.07. The van der Waals surface area contributed by atoms with Gasteiger partial charge in [-0.3, -0.25) is 14.5 Å². The summed E-state index contributed by atoms with van der Waals surface area (Å²) in [6, 6.07) is 5.88. The molecule has 0 radical (unpaired) electrons. The third-order valence-corrected chi connectivity index (χ3v) is 6.52. The summed E-state index contributed by atoms with van der Waals surface area (Å²) in [5.74, 6) is -0.882. The molecule has 0 aliphatic heterocycles. The number of esters is 1. The number of hydrogen-bond donors (Lipinski definition) is 2. The molecule has 2 amide bonds. The van der Waals surface area contributed by atoms with Gasteiger partial charge in [-0.25, -0.2) is 4.79 Å². The average molecular weight is 444 g/mol. The molecular weight excluding hydrogens is 414 g/mol. The van der Waals surface area contributed by atoms with Crippen LogP contribution in [0.3, 0.4) is 0 Å². The molecule has 2 N–H and O–H groups in total. The van der Waals surface area contributed by atoms with Gasteiger partial charge in [0.2, 0.25) is 11.8 Å². The number of thiophene rings is 1. The maximum Gasteiger partial charge on any atom is 0.341 e. The molecule has 1 heterocycles. The Kier molecular flexibility index (Phi) is 7.46. The van der Waals surface area contributed by atoms with E-state index in [1.807, 2.05) is 32.0 Å². The molecule has 0 saturated heterocycles. The minimum Gasteiger partial charge on any atom is -0.465 e. The molecule has 7 nitrogen and oxygen atoms in total. The van der Waals surface area contributed by atoms with Crippen LogP contribution in [0.25, 0.3) is 0 Å². The van der Waals surface area contributed by atoms with Gasteiger partial charge < -0.3 is 15.4 Å². The zero-order valence-electron chi connectivity index (χ0n) is 18.5. The Balaban J connectivity index is 1.60. The van der Waals surface area contributed by atoms with E-state index in [9.17, 15) is 14.4 Å². The minimum atomic E-state index is -0.420. The number of nitrogens with zero attached hydrogens (tertiary/aromatic N) is 1. The van der Waals surface area contributed by atoms with Crippen molar-refractivity contribution >= 4 is 39.8 Å². The number of rotatable bonds is 7. The van der Waals surface area contributed by atoms with Gasteiger partial charge in [0, 0.05) is 10.6 Å². The van der Waals surface area contributed by atoms with Crippen molar-refractivity contribution in [2.45, 2.75) is 39.5 Å². The number of aryl methyl sites for hydroxylation is 3. The van der Waals surface area contributed by atoms with Crippen molar-refractivity contribution in [3.8, 4) is 0 Å². The smallest absolute Gasteiger partial charge is 0.341 e. The van der Waals surface area contributed by atoms with Gasteiger partial charge in [0.05, 0.1) is 25.8 Å². The monoisotopic (exact) mass is 443 g/mol. The van der Waals surface area contributed by atoms with Gasteiger partial charge in [-0.05, 0) is 69.3 Å². The first-order valence-electron chi connectivity index (χ1n) is 10.4. The van der Waals surface area contributed by atoms with Crippen LogP contribution in [0.15, 0.2) is 18.2 Å². The van der Waals surface area contributed by atoms with Crippen LogP contribution in [0, 0.1) is 13.8 Å². The fraction of sp³-hybridized carbons (Fsp3) is 0.435. The molecule has 0 fully saturated rings. The van der Waals surface area contributed by atoms with E-state index in [1.165, 1.54) is 18.4 Å². The number of amides is 2. The van der Waals surface area contributed by atoms with Crippen molar-refractivity contribution in [3.63, 3.8) is 0 Å². The van der Waals surface area contributed by atoms with Crippen LogP contribution in [-0.2, 0) is 27.2 Å². The van der Waals surface area contributed by atoms with Crippen LogP contribution in [-0.4, -0.2) is 49.9 Å². The lowest BCUT2D eigenvalue weighted by Crippen LogP contribution is -2.36. The highest BCUT2D eigenvalue weighted by Gasteiger charge is 2.27. The van der Waals surface area contributed by atoms with Crippen LogP contribution in [0.5, 0.6) is 0 Å². The molecule has 166 valence electrons. The van der Waals surface area contributed by atoms with Crippen molar-refractivity contribution in [3.05, 3.63) is 45.3 Å². The summed E-state index contributed by atoms with van der Waals surface area (Å²) in [4.78, 5) is 40.1. The summed E-state index contributed by atoms with van der Waals surface area (Å²) in [6.07, 6.45) is 3.85. The first-order valence-corrected chi connectivity index (χ1v) is 11.2. The number of carbonyl (C=O) groups is 3. The number of anilines is 2. The fourth-order valence-corrected chi connectivity index (χ4v) is 5.04. The first-order chi connectivity index (χ1) is 14.8. The van der Waals surface area contributed by atoms with Crippen LogP contribution >= 0.6 is 11.3 Å². The molecule has 2 aromatic rings. The van der Waals surface area contributed by atoms with Crippen molar-refractivity contribution in [1.29, 1.82) is 0 Å². The number of ether oxygens (including phenoxy) is 1. The number of carbonyl (C=O) groups excluding carboxylic acids is 3. The second-order valence-corrected chi connectivity index (χ2v) is 9.10. The molecular formula is C23H29N3O4S. The summed E-state index contributed by atoms with van der Waals surface area (Å²) in [5.41, 5.74) is 4.30. The van der Waals surface area contributed by atoms with E-state index in [1.54, 1.807) is 11.9 Å². The highest BCUT2D eigenvalue weighted by Crippen LogP contribution is 2.38. The van der Waals surface area contributed by atoms with Gasteiger partial charge >= 0.3 is 5.97 Å². The van der Waals surface area contributed by atoms with E-state index in [-0.39, 0.29) is 24.9 Å². The van der Waals surface area contributed by atoms with Gasteiger partial charge in [-0.2, -0.15) is 0 Å². The number of hydrogen-bond acceptors (Lipinski definition) is 6. The Bertz CT molecular complexity index is 999. The lowest BCUT2D eigenvalue weighted by Gasteiger charge is -2.17. The van der Waals surface area contributed by atoms with Crippen molar-refractivity contribution in [1.82, 2.24) is 4.90 Å². The molecule has 0 bridgehead atoms.